The Morgan fingerprint density at radius 1 is 1.33 bits per heavy atom. The van der Waals surface area contributed by atoms with Crippen LogP contribution in [-0.2, 0) is 7.05 Å². The lowest BCUT2D eigenvalue weighted by atomic mass is 9.83. The van der Waals surface area contributed by atoms with Crippen molar-refractivity contribution in [3.8, 4) is 0 Å². The van der Waals surface area contributed by atoms with Gasteiger partial charge < -0.3 is 14.8 Å². The minimum absolute atomic E-state index is 0.0716. The third-order valence-electron chi connectivity index (χ3n) is 5.14. The van der Waals surface area contributed by atoms with Gasteiger partial charge in [0, 0.05) is 25.8 Å². The second kappa shape index (κ2) is 7.30. The van der Waals surface area contributed by atoms with E-state index in [0.717, 1.165) is 11.2 Å². The zero-order valence-corrected chi connectivity index (χ0v) is 14.8. The molecule has 1 N–H and O–H groups in total. The van der Waals surface area contributed by atoms with E-state index in [1.54, 1.807) is 12.5 Å². The molecule has 1 aliphatic carbocycles. The standard InChI is InChI=1S/C18H27N5O/c1-22(2)16(13-7-5-4-6-8-13)11-20-18(24)14-9-15-17(19-10-14)23(3)12-21-15/h9-10,12-13,16H,4-8,11H2,1-3H3,(H,20,24). The highest BCUT2D eigenvalue weighted by Gasteiger charge is 2.25. The van der Waals surface area contributed by atoms with Crippen LogP contribution in [0.1, 0.15) is 42.5 Å². The average molecular weight is 329 g/mol. The van der Waals surface area contributed by atoms with Crippen LogP contribution in [0.25, 0.3) is 11.2 Å². The molecule has 3 rings (SSSR count). The minimum atomic E-state index is -0.0716. The van der Waals surface area contributed by atoms with E-state index in [-0.39, 0.29) is 5.91 Å². The monoisotopic (exact) mass is 329 g/mol. The second-order valence-corrected chi connectivity index (χ2v) is 7.06. The summed E-state index contributed by atoms with van der Waals surface area (Å²) in [6.45, 7) is 0.677. The van der Waals surface area contributed by atoms with Gasteiger partial charge in [-0.3, -0.25) is 4.79 Å². The van der Waals surface area contributed by atoms with Crippen molar-refractivity contribution in [3.63, 3.8) is 0 Å². The molecular weight excluding hydrogens is 302 g/mol. The third-order valence-corrected chi connectivity index (χ3v) is 5.14. The highest BCUT2D eigenvalue weighted by molar-refractivity contribution is 5.96. The van der Waals surface area contributed by atoms with E-state index in [4.69, 9.17) is 0 Å². The molecule has 1 unspecified atom stereocenters. The van der Waals surface area contributed by atoms with Crippen LogP contribution in [0.15, 0.2) is 18.6 Å². The van der Waals surface area contributed by atoms with Gasteiger partial charge in [0.15, 0.2) is 5.65 Å². The van der Waals surface area contributed by atoms with Gasteiger partial charge in [-0.2, -0.15) is 0 Å². The van der Waals surface area contributed by atoms with Crippen LogP contribution in [0, 0.1) is 5.92 Å². The van der Waals surface area contributed by atoms with Gasteiger partial charge >= 0.3 is 0 Å². The summed E-state index contributed by atoms with van der Waals surface area (Å²) in [7, 11) is 6.10. The first-order chi connectivity index (χ1) is 11.6. The number of hydrogen-bond acceptors (Lipinski definition) is 4. The molecule has 0 saturated heterocycles. The Hall–Kier alpha value is -1.95. The fraction of sp³-hybridized carbons (Fsp3) is 0.611. The summed E-state index contributed by atoms with van der Waals surface area (Å²) in [6.07, 6.45) is 9.83. The number of rotatable bonds is 5. The first-order valence-electron chi connectivity index (χ1n) is 8.78. The first kappa shape index (κ1) is 16.9. The molecule has 0 spiro atoms. The molecule has 1 aliphatic rings. The number of nitrogens with zero attached hydrogens (tertiary/aromatic N) is 4. The number of imidazole rings is 1. The number of nitrogens with one attached hydrogen (secondary N) is 1. The number of amides is 1. The Morgan fingerprint density at radius 3 is 2.79 bits per heavy atom. The van der Waals surface area contributed by atoms with E-state index in [1.165, 1.54) is 32.1 Å². The zero-order chi connectivity index (χ0) is 17.1. The molecule has 0 aliphatic heterocycles. The van der Waals surface area contributed by atoms with Crippen LogP contribution in [0.2, 0.25) is 0 Å². The zero-order valence-electron chi connectivity index (χ0n) is 14.8. The van der Waals surface area contributed by atoms with Crippen molar-refractivity contribution in [1.29, 1.82) is 0 Å². The van der Waals surface area contributed by atoms with E-state index in [1.807, 2.05) is 17.7 Å². The number of carbonyl (C=O) groups excluding carboxylic acids is 1. The van der Waals surface area contributed by atoms with Gasteiger partial charge in [0.1, 0.15) is 5.52 Å². The van der Waals surface area contributed by atoms with Crippen molar-refractivity contribution in [2.24, 2.45) is 13.0 Å². The molecule has 0 bridgehead atoms. The van der Waals surface area contributed by atoms with Crippen molar-refractivity contribution in [2.75, 3.05) is 20.6 Å². The molecule has 2 aromatic rings. The molecule has 6 heteroatoms. The average Bonchev–Trinajstić information content (AvgIpc) is 2.96. The van der Waals surface area contributed by atoms with Crippen molar-refractivity contribution in [1.82, 2.24) is 24.8 Å². The Labute approximate surface area is 143 Å². The van der Waals surface area contributed by atoms with Crippen LogP contribution in [0.5, 0.6) is 0 Å². The van der Waals surface area contributed by atoms with Gasteiger partial charge in [0.2, 0.25) is 0 Å². The molecule has 24 heavy (non-hydrogen) atoms. The van der Waals surface area contributed by atoms with E-state index in [2.05, 4.69) is 34.3 Å². The summed E-state index contributed by atoms with van der Waals surface area (Å²) in [4.78, 5) is 23.4. The fourth-order valence-corrected chi connectivity index (χ4v) is 3.73. The van der Waals surface area contributed by atoms with Crippen molar-refractivity contribution >= 4 is 17.1 Å². The van der Waals surface area contributed by atoms with Gasteiger partial charge in [0.25, 0.3) is 5.91 Å². The highest BCUT2D eigenvalue weighted by atomic mass is 16.1. The molecule has 0 aromatic carbocycles. The first-order valence-corrected chi connectivity index (χ1v) is 8.78. The Balaban J connectivity index is 1.65. The predicted molar refractivity (Wildman–Crippen MR) is 94.9 cm³/mol. The number of fused-ring (bicyclic) bond motifs is 1. The molecule has 1 saturated carbocycles. The molecule has 2 heterocycles. The molecule has 1 amide bonds. The number of aryl methyl sites for hydroxylation is 1. The number of hydrogen-bond donors (Lipinski definition) is 1. The number of carbonyl (C=O) groups is 1. The lowest BCUT2D eigenvalue weighted by Gasteiger charge is -2.35. The third kappa shape index (κ3) is 3.59. The maximum atomic E-state index is 12.5. The van der Waals surface area contributed by atoms with E-state index < -0.39 is 0 Å². The van der Waals surface area contributed by atoms with Crippen molar-refractivity contribution < 1.29 is 4.79 Å². The molecule has 0 radical (unpaired) electrons. The van der Waals surface area contributed by atoms with Crippen LogP contribution in [-0.4, -0.2) is 52.0 Å². The van der Waals surface area contributed by atoms with Gasteiger partial charge in [-0.1, -0.05) is 19.3 Å². The summed E-state index contributed by atoms with van der Waals surface area (Å²) in [6, 6.07) is 2.20. The summed E-state index contributed by atoms with van der Waals surface area (Å²) in [5.74, 6) is 0.600. The molecule has 1 atom stereocenters. The SMILES string of the molecule is CN(C)C(CNC(=O)c1cnc2c(c1)ncn2C)C1CCCCC1. The second-order valence-electron chi connectivity index (χ2n) is 7.06. The lowest BCUT2D eigenvalue weighted by Crippen LogP contribution is -2.45. The number of likely N-dealkylation sites (N-methyl/N-ethyl adjacent to an activating group) is 1. The lowest BCUT2D eigenvalue weighted by molar-refractivity contribution is 0.0921. The van der Waals surface area contributed by atoms with Crippen molar-refractivity contribution in [3.05, 3.63) is 24.2 Å². The van der Waals surface area contributed by atoms with Crippen LogP contribution in [0.4, 0.5) is 0 Å². The maximum Gasteiger partial charge on any atom is 0.252 e. The molecule has 1 fully saturated rings. The van der Waals surface area contributed by atoms with Crippen LogP contribution >= 0.6 is 0 Å². The van der Waals surface area contributed by atoms with Gasteiger partial charge in [0.05, 0.1) is 11.9 Å². The Morgan fingerprint density at radius 2 is 2.08 bits per heavy atom. The van der Waals surface area contributed by atoms with E-state index >= 15 is 0 Å². The summed E-state index contributed by atoms with van der Waals surface area (Å²) in [5, 5.41) is 3.09. The van der Waals surface area contributed by atoms with Crippen LogP contribution < -0.4 is 5.32 Å². The molecule has 130 valence electrons. The quantitative estimate of drug-likeness (QED) is 0.913. The number of aromatic nitrogens is 3. The summed E-state index contributed by atoms with van der Waals surface area (Å²) >= 11 is 0. The summed E-state index contributed by atoms with van der Waals surface area (Å²) < 4.78 is 1.85. The maximum absolute atomic E-state index is 12.5. The highest BCUT2D eigenvalue weighted by Crippen LogP contribution is 2.28. The van der Waals surface area contributed by atoms with Gasteiger partial charge in [-0.05, 0) is 38.9 Å². The van der Waals surface area contributed by atoms with E-state index in [0.29, 0.717) is 24.1 Å². The smallest absolute Gasteiger partial charge is 0.252 e. The van der Waals surface area contributed by atoms with Gasteiger partial charge in [-0.25, -0.2) is 9.97 Å². The Kier molecular flexibility index (Phi) is 5.14. The molecular formula is C18H27N5O. The largest absolute Gasteiger partial charge is 0.350 e. The fourth-order valence-electron chi connectivity index (χ4n) is 3.73. The number of pyridine rings is 1. The van der Waals surface area contributed by atoms with Crippen LogP contribution in [0.3, 0.4) is 0 Å². The minimum Gasteiger partial charge on any atom is -0.350 e. The van der Waals surface area contributed by atoms with Crippen molar-refractivity contribution in [2.45, 2.75) is 38.1 Å². The predicted octanol–water partition coefficient (Wildman–Crippen LogP) is 2.21. The topological polar surface area (TPSA) is 63.1 Å². The molecule has 2 aromatic heterocycles. The molecule has 6 nitrogen and oxygen atoms in total. The summed E-state index contributed by atoms with van der Waals surface area (Å²) in [5.41, 5.74) is 2.11. The Bertz CT molecular complexity index is 702. The van der Waals surface area contributed by atoms with E-state index in [9.17, 15) is 4.79 Å². The van der Waals surface area contributed by atoms with Gasteiger partial charge in [-0.15, -0.1) is 0 Å². The normalized spacial score (nSPS) is 17.3.